The van der Waals surface area contributed by atoms with Crippen molar-refractivity contribution in [1.82, 2.24) is 15.1 Å². The van der Waals surface area contributed by atoms with Gasteiger partial charge in [-0.1, -0.05) is 29.8 Å². The number of nitrogens with one attached hydrogen (secondary N) is 3. The van der Waals surface area contributed by atoms with Crippen molar-refractivity contribution < 1.29 is 14.4 Å². The van der Waals surface area contributed by atoms with Crippen molar-refractivity contribution in [1.29, 1.82) is 0 Å². The molecule has 0 radical (unpaired) electrons. The first-order valence-corrected chi connectivity index (χ1v) is 10.3. The number of halogens is 1. The number of aromatic nitrogens is 2. The standard InChI is InChI=1S/C20H20ClN5O3S/c1-3-26(12(2)27)11-13-6-4-5-7-14(13)22-19(28)20(29)23-18-10-15(24-25-18)16-8-9-17(21)30-16/h4-10H,3,11H2,1-2H3,(H,22,28)(H2,23,24,25,29). The second-order valence-corrected chi connectivity index (χ2v) is 8.08. The van der Waals surface area contributed by atoms with E-state index in [2.05, 4.69) is 20.8 Å². The number of nitrogens with zero attached hydrogens (tertiary/aromatic N) is 2. The van der Waals surface area contributed by atoms with Gasteiger partial charge in [-0.3, -0.25) is 19.5 Å². The fourth-order valence-corrected chi connectivity index (χ4v) is 3.76. The quantitative estimate of drug-likeness (QED) is 0.502. The number of carbonyl (C=O) groups is 3. The molecule has 0 saturated carbocycles. The van der Waals surface area contributed by atoms with Crippen LogP contribution in [-0.4, -0.2) is 39.4 Å². The lowest BCUT2D eigenvalue weighted by molar-refractivity contribution is -0.133. The Bertz CT molecular complexity index is 1080. The Morgan fingerprint density at radius 3 is 2.53 bits per heavy atom. The lowest BCUT2D eigenvalue weighted by Crippen LogP contribution is -2.31. The summed E-state index contributed by atoms with van der Waals surface area (Å²) in [6.07, 6.45) is 0. The summed E-state index contributed by atoms with van der Waals surface area (Å²) in [4.78, 5) is 38.9. The first-order valence-electron chi connectivity index (χ1n) is 9.14. The van der Waals surface area contributed by atoms with E-state index >= 15 is 0 Å². The molecule has 3 amide bonds. The highest BCUT2D eigenvalue weighted by Gasteiger charge is 2.18. The van der Waals surface area contributed by atoms with E-state index in [0.29, 0.717) is 28.8 Å². The fraction of sp³-hybridized carbons (Fsp3) is 0.200. The molecular formula is C20H20ClN5O3S. The first-order chi connectivity index (χ1) is 14.4. The molecule has 3 rings (SSSR count). The number of anilines is 2. The average molecular weight is 446 g/mol. The van der Waals surface area contributed by atoms with Crippen LogP contribution in [0.15, 0.2) is 42.5 Å². The van der Waals surface area contributed by atoms with Crippen molar-refractivity contribution >= 4 is 52.2 Å². The van der Waals surface area contributed by atoms with Gasteiger partial charge in [0, 0.05) is 31.8 Å². The van der Waals surface area contributed by atoms with Gasteiger partial charge in [0.2, 0.25) is 5.91 Å². The van der Waals surface area contributed by atoms with Gasteiger partial charge in [0.1, 0.15) is 0 Å². The molecule has 0 bridgehead atoms. The zero-order chi connectivity index (χ0) is 21.7. The third-order valence-corrected chi connectivity index (χ3v) is 5.58. The number of thiophene rings is 1. The third kappa shape index (κ3) is 5.25. The molecule has 1 aromatic carbocycles. The van der Waals surface area contributed by atoms with E-state index in [4.69, 9.17) is 11.6 Å². The fourth-order valence-electron chi connectivity index (χ4n) is 2.75. The molecule has 0 aliphatic carbocycles. The summed E-state index contributed by atoms with van der Waals surface area (Å²) in [5.41, 5.74) is 1.87. The van der Waals surface area contributed by atoms with Gasteiger partial charge in [-0.25, -0.2) is 0 Å². The normalized spacial score (nSPS) is 10.5. The second-order valence-electron chi connectivity index (χ2n) is 6.37. The maximum absolute atomic E-state index is 12.4. The molecular weight excluding hydrogens is 426 g/mol. The van der Waals surface area contributed by atoms with E-state index in [-0.39, 0.29) is 11.7 Å². The minimum Gasteiger partial charge on any atom is -0.339 e. The molecule has 2 heterocycles. The number of amides is 3. The predicted molar refractivity (Wildman–Crippen MR) is 117 cm³/mol. The van der Waals surface area contributed by atoms with Gasteiger partial charge >= 0.3 is 11.8 Å². The summed E-state index contributed by atoms with van der Waals surface area (Å²) in [5, 5.41) is 11.9. The monoisotopic (exact) mass is 445 g/mol. The van der Waals surface area contributed by atoms with Gasteiger partial charge in [-0.2, -0.15) is 5.10 Å². The summed E-state index contributed by atoms with van der Waals surface area (Å²) in [5.74, 6) is -1.54. The highest BCUT2D eigenvalue weighted by Crippen LogP contribution is 2.30. The van der Waals surface area contributed by atoms with Crippen LogP contribution >= 0.6 is 22.9 Å². The van der Waals surface area contributed by atoms with E-state index in [1.54, 1.807) is 41.3 Å². The Labute approximate surface area is 182 Å². The van der Waals surface area contributed by atoms with Gasteiger partial charge < -0.3 is 15.5 Å². The van der Waals surface area contributed by atoms with Gasteiger partial charge in [-0.05, 0) is 30.7 Å². The van der Waals surface area contributed by atoms with Gasteiger partial charge in [0.25, 0.3) is 0 Å². The topological polar surface area (TPSA) is 107 Å². The van der Waals surface area contributed by atoms with Crippen molar-refractivity contribution in [2.75, 3.05) is 17.2 Å². The number of hydrogen-bond donors (Lipinski definition) is 3. The number of aromatic amines is 1. The zero-order valence-electron chi connectivity index (χ0n) is 16.4. The maximum atomic E-state index is 12.4. The van der Waals surface area contributed by atoms with E-state index in [1.807, 2.05) is 13.0 Å². The number of hydrogen-bond acceptors (Lipinski definition) is 5. The van der Waals surface area contributed by atoms with Crippen LogP contribution in [0.25, 0.3) is 10.6 Å². The molecule has 3 aromatic rings. The Morgan fingerprint density at radius 2 is 1.87 bits per heavy atom. The molecule has 0 atom stereocenters. The maximum Gasteiger partial charge on any atom is 0.315 e. The predicted octanol–water partition coefficient (Wildman–Crippen LogP) is 3.74. The summed E-state index contributed by atoms with van der Waals surface area (Å²) >= 11 is 7.30. The summed E-state index contributed by atoms with van der Waals surface area (Å²) < 4.78 is 0.634. The number of para-hydroxylation sites is 1. The molecule has 0 saturated heterocycles. The van der Waals surface area contributed by atoms with Crippen molar-refractivity contribution in [2.45, 2.75) is 20.4 Å². The molecule has 0 unspecified atom stereocenters. The van der Waals surface area contributed by atoms with Crippen molar-refractivity contribution in [3.63, 3.8) is 0 Å². The van der Waals surface area contributed by atoms with E-state index in [9.17, 15) is 14.4 Å². The minimum atomic E-state index is -0.856. The largest absolute Gasteiger partial charge is 0.339 e. The van der Waals surface area contributed by atoms with Crippen LogP contribution in [0.3, 0.4) is 0 Å². The summed E-state index contributed by atoms with van der Waals surface area (Å²) in [7, 11) is 0. The Hall–Kier alpha value is -3.17. The molecule has 0 fully saturated rings. The van der Waals surface area contributed by atoms with E-state index in [0.717, 1.165) is 10.4 Å². The SMILES string of the molecule is CCN(Cc1ccccc1NC(=O)C(=O)Nc1cc(-c2ccc(Cl)s2)[nH]n1)C(C)=O. The van der Waals surface area contributed by atoms with Crippen molar-refractivity contribution in [3.8, 4) is 10.6 Å². The Kier molecular flexibility index (Phi) is 6.86. The van der Waals surface area contributed by atoms with Crippen molar-refractivity contribution in [3.05, 3.63) is 52.4 Å². The first kappa shape index (κ1) is 21.5. The molecule has 156 valence electrons. The van der Waals surface area contributed by atoms with Crippen molar-refractivity contribution in [2.24, 2.45) is 0 Å². The number of H-pyrrole nitrogens is 1. The van der Waals surface area contributed by atoms with Gasteiger partial charge in [0.15, 0.2) is 5.82 Å². The summed E-state index contributed by atoms with van der Waals surface area (Å²) in [6, 6.07) is 12.2. The van der Waals surface area contributed by atoms with E-state index < -0.39 is 11.8 Å². The molecule has 3 N–H and O–H groups in total. The number of benzene rings is 1. The molecule has 10 heteroatoms. The van der Waals surface area contributed by atoms with Gasteiger partial charge in [-0.15, -0.1) is 11.3 Å². The molecule has 0 spiro atoms. The molecule has 0 aliphatic heterocycles. The summed E-state index contributed by atoms with van der Waals surface area (Å²) in [6.45, 7) is 4.23. The average Bonchev–Trinajstić information content (AvgIpc) is 3.35. The van der Waals surface area contributed by atoms with Crippen LogP contribution in [0.1, 0.15) is 19.4 Å². The van der Waals surface area contributed by atoms with Crippen LogP contribution in [0.5, 0.6) is 0 Å². The van der Waals surface area contributed by atoms with Crippen LogP contribution in [0.2, 0.25) is 4.34 Å². The van der Waals surface area contributed by atoms with Crippen LogP contribution < -0.4 is 10.6 Å². The van der Waals surface area contributed by atoms with E-state index in [1.165, 1.54) is 18.3 Å². The minimum absolute atomic E-state index is 0.0715. The number of rotatable bonds is 6. The van der Waals surface area contributed by atoms with Crippen LogP contribution in [0.4, 0.5) is 11.5 Å². The Balaban J connectivity index is 1.66. The highest BCUT2D eigenvalue weighted by atomic mass is 35.5. The third-order valence-electron chi connectivity index (χ3n) is 4.32. The lowest BCUT2D eigenvalue weighted by atomic mass is 10.1. The smallest absolute Gasteiger partial charge is 0.315 e. The lowest BCUT2D eigenvalue weighted by Gasteiger charge is -2.20. The number of carbonyl (C=O) groups excluding carboxylic acids is 3. The molecule has 8 nitrogen and oxygen atoms in total. The highest BCUT2D eigenvalue weighted by molar-refractivity contribution is 7.19. The Morgan fingerprint density at radius 1 is 1.13 bits per heavy atom. The van der Waals surface area contributed by atoms with Gasteiger partial charge in [0.05, 0.1) is 14.9 Å². The second kappa shape index (κ2) is 9.55. The van der Waals surface area contributed by atoms with Crippen LogP contribution in [0, 0.1) is 0 Å². The molecule has 30 heavy (non-hydrogen) atoms. The van der Waals surface area contributed by atoms with Crippen LogP contribution in [-0.2, 0) is 20.9 Å². The molecule has 2 aromatic heterocycles. The zero-order valence-corrected chi connectivity index (χ0v) is 17.9. The molecule has 0 aliphatic rings.